The molecule has 19 heavy (non-hydrogen) atoms. The molecule has 0 unspecified atom stereocenters. The van der Waals surface area contributed by atoms with E-state index in [9.17, 15) is 8.42 Å². The molecule has 0 spiro atoms. The zero-order valence-electron chi connectivity index (χ0n) is 10.6. The van der Waals surface area contributed by atoms with Crippen LogP contribution in [0.25, 0.3) is 0 Å². The summed E-state index contributed by atoms with van der Waals surface area (Å²) in [6.07, 6.45) is 0.843. The van der Waals surface area contributed by atoms with Gasteiger partial charge in [-0.15, -0.1) is 11.3 Å². The third-order valence-electron chi connectivity index (χ3n) is 2.69. The van der Waals surface area contributed by atoms with Gasteiger partial charge in [-0.3, -0.25) is 4.72 Å². The Morgan fingerprint density at radius 3 is 2.63 bits per heavy atom. The van der Waals surface area contributed by atoms with Gasteiger partial charge in [-0.25, -0.2) is 8.42 Å². The minimum atomic E-state index is -3.49. The topological polar surface area (TPSA) is 46.2 Å². The summed E-state index contributed by atoms with van der Waals surface area (Å²) >= 11 is 4.65. The highest BCUT2D eigenvalue weighted by atomic mass is 79.9. The first-order valence-corrected chi connectivity index (χ1v) is 8.89. The number of halogens is 1. The minimum Gasteiger partial charge on any atom is -0.279 e. The fraction of sp³-hybridized carbons (Fsp3) is 0.231. The summed E-state index contributed by atoms with van der Waals surface area (Å²) in [6.45, 7) is 3.88. The number of benzene rings is 1. The second-order valence-corrected chi connectivity index (χ2v) is 8.13. The Labute approximate surface area is 125 Å². The quantitative estimate of drug-likeness (QED) is 0.889. The van der Waals surface area contributed by atoms with Crippen LogP contribution < -0.4 is 4.72 Å². The second-order valence-electron chi connectivity index (χ2n) is 4.14. The molecule has 0 aliphatic heterocycles. The lowest BCUT2D eigenvalue weighted by Crippen LogP contribution is -2.12. The normalized spacial score (nSPS) is 11.5. The van der Waals surface area contributed by atoms with Gasteiger partial charge in [0.25, 0.3) is 10.0 Å². The summed E-state index contributed by atoms with van der Waals surface area (Å²) in [5.41, 5.74) is 1.49. The molecular weight excluding hydrogens is 346 g/mol. The molecular formula is C13H14BrNO2S2. The molecule has 102 valence electrons. The molecule has 0 aliphatic rings. The molecule has 3 nitrogen and oxygen atoms in total. The Bertz CT molecular complexity index is 692. The standard InChI is InChI=1S/C13H14BrNO2S2/c1-3-11-6-7-13(18-11)19(16,17)15-12-8-10(14)5-4-9(12)2/h4-8,15H,3H2,1-2H3. The molecule has 0 saturated carbocycles. The van der Waals surface area contributed by atoms with Crippen molar-refractivity contribution in [2.45, 2.75) is 24.5 Å². The lowest BCUT2D eigenvalue weighted by atomic mass is 10.2. The Morgan fingerprint density at radius 2 is 2.00 bits per heavy atom. The number of rotatable bonds is 4. The summed E-state index contributed by atoms with van der Waals surface area (Å²) < 4.78 is 28.4. The average Bonchev–Trinajstić information content (AvgIpc) is 2.83. The second kappa shape index (κ2) is 5.64. The molecule has 1 aromatic carbocycles. The lowest BCUT2D eigenvalue weighted by molar-refractivity contribution is 0.603. The van der Waals surface area contributed by atoms with Crippen LogP contribution in [-0.4, -0.2) is 8.42 Å². The third kappa shape index (κ3) is 3.38. The van der Waals surface area contributed by atoms with E-state index >= 15 is 0 Å². The summed E-state index contributed by atoms with van der Waals surface area (Å²) in [5, 5.41) is 0. The SMILES string of the molecule is CCc1ccc(S(=O)(=O)Nc2cc(Br)ccc2C)s1. The summed E-state index contributed by atoms with van der Waals surface area (Å²) in [5.74, 6) is 0. The van der Waals surface area contributed by atoms with E-state index in [0.29, 0.717) is 9.90 Å². The maximum atomic E-state index is 12.3. The molecule has 0 radical (unpaired) electrons. The van der Waals surface area contributed by atoms with Crippen molar-refractivity contribution < 1.29 is 8.42 Å². The highest BCUT2D eigenvalue weighted by Gasteiger charge is 2.17. The summed E-state index contributed by atoms with van der Waals surface area (Å²) in [6, 6.07) is 9.02. The highest BCUT2D eigenvalue weighted by Crippen LogP contribution is 2.27. The zero-order chi connectivity index (χ0) is 14.0. The van der Waals surface area contributed by atoms with Gasteiger partial charge in [-0.2, -0.15) is 0 Å². The third-order valence-corrected chi connectivity index (χ3v) is 6.27. The van der Waals surface area contributed by atoms with Gasteiger partial charge in [0.1, 0.15) is 4.21 Å². The monoisotopic (exact) mass is 359 g/mol. The first-order chi connectivity index (χ1) is 8.92. The van der Waals surface area contributed by atoms with Crippen LogP contribution >= 0.6 is 27.3 Å². The number of anilines is 1. The summed E-state index contributed by atoms with van der Waals surface area (Å²) in [7, 11) is -3.49. The van der Waals surface area contributed by atoms with Gasteiger partial charge in [0, 0.05) is 9.35 Å². The predicted octanol–water partition coefficient (Wildman–Crippen LogP) is 4.18. The van der Waals surface area contributed by atoms with Crippen LogP contribution in [0.1, 0.15) is 17.4 Å². The molecule has 1 heterocycles. The summed E-state index contributed by atoms with van der Waals surface area (Å²) in [4.78, 5) is 1.06. The van der Waals surface area contributed by atoms with Gasteiger partial charge >= 0.3 is 0 Å². The van der Waals surface area contributed by atoms with E-state index in [1.807, 2.05) is 32.0 Å². The molecule has 2 aromatic rings. The van der Waals surface area contributed by atoms with E-state index in [1.54, 1.807) is 12.1 Å². The zero-order valence-corrected chi connectivity index (χ0v) is 13.8. The Hall–Kier alpha value is -0.850. The van der Waals surface area contributed by atoms with E-state index in [4.69, 9.17) is 0 Å². The first kappa shape index (κ1) is 14.6. The number of nitrogens with one attached hydrogen (secondary N) is 1. The Balaban J connectivity index is 2.33. The molecule has 1 aromatic heterocycles. The van der Waals surface area contributed by atoms with Crippen LogP contribution in [0.5, 0.6) is 0 Å². The van der Waals surface area contributed by atoms with Gasteiger partial charge in [-0.05, 0) is 43.2 Å². The number of aryl methyl sites for hydroxylation is 2. The van der Waals surface area contributed by atoms with E-state index in [1.165, 1.54) is 11.3 Å². The van der Waals surface area contributed by atoms with Crippen LogP contribution in [0.15, 0.2) is 39.0 Å². The van der Waals surface area contributed by atoms with Crippen molar-refractivity contribution >= 4 is 43.0 Å². The van der Waals surface area contributed by atoms with Gasteiger partial charge in [0.15, 0.2) is 0 Å². The number of thiophene rings is 1. The van der Waals surface area contributed by atoms with Gasteiger partial charge in [0.05, 0.1) is 5.69 Å². The van der Waals surface area contributed by atoms with Gasteiger partial charge in [0.2, 0.25) is 0 Å². The van der Waals surface area contributed by atoms with Crippen molar-refractivity contribution in [3.8, 4) is 0 Å². The fourth-order valence-electron chi connectivity index (χ4n) is 1.59. The van der Waals surface area contributed by atoms with Gasteiger partial charge < -0.3 is 0 Å². The molecule has 0 saturated heterocycles. The number of hydrogen-bond acceptors (Lipinski definition) is 3. The van der Waals surface area contributed by atoms with Crippen molar-refractivity contribution in [2.24, 2.45) is 0 Å². The maximum Gasteiger partial charge on any atom is 0.271 e. The molecule has 1 N–H and O–H groups in total. The van der Waals surface area contributed by atoms with Crippen LogP contribution in [-0.2, 0) is 16.4 Å². The Kier molecular flexibility index (Phi) is 4.32. The minimum absolute atomic E-state index is 0.351. The van der Waals surface area contributed by atoms with Gasteiger partial charge in [-0.1, -0.05) is 28.9 Å². The van der Waals surface area contributed by atoms with Crippen molar-refractivity contribution in [3.63, 3.8) is 0 Å². The van der Waals surface area contributed by atoms with Crippen LogP contribution in [0.4, 0.5) is 5.69 Å². The van der Waals surface area contributed by atoms with Crippen molar-refractivity contribution in [2.75, 3.05) is 4.72 Å². The lowest BCUT2D eigenvalue weighted by Gasteiger charge is -2.09. The molecule has 0 bridgehead atoms. The molecule has 0 amide bonds. The van der Waals surface area contributed by atoms with Crippen molar-refractivity contribution in [1.82, 2.24) is 0 Å². The van der Waals surface area contributed by atoms with E-state index < -0.39 is 10.0 Å². The van der Waals surface area contributed by atoms with Crippen LogP contribution in [0.2, 0.25) is 0 Å². The largest absolute Gasteiger partial charge is 0.279 e. The molecule has 0 fully saturated rings. The maximum absolute atomic E-state index is 12.3. The number of hydrogen-bond donors (Lipinski definition) is 1. The average molecular weight is 360 g/mol. The van der Waals surface area contributed by atoms with Crippen LogP contribution in [0.3, 0.4) is 0 Å². The molecule has 0 atom stereocenters. The number of sulfonamides is 1. The highest BCUT2D eigenvalue weighted by molar-refractivity contribution is 9.10. The predicted molar refractivity (Wildman–Crippen MR) is 83.4 cm³/mol. The molecule has 6 heteroatoms. The molecule has 0 aliphatic carbocycles. The van der Waals surface area contributed by atoms with E-state index in [2.05, 4.69) is 20.7 Å². The van der Waals surface area contributed by atoms with E-state index in [0.717, 1.165) is 21.3 Å². The van der Waals surface area contributed by atoms with Crippen molar-refractivity contribution in [1.29, 1.82) is 0 Å². The van der Waals surface area contributed by atoms with E-state index in [-0.39, 0.29) is 0 Å². The first-order valence-electron chi connectivity index (χ1n) is 5.80. The van der Waals surface area contributed by atoms with Crippen LogP contribution in [0, 0.1) is 6.92 Å². The Morgan fingerprint density at radius 1 is 1.26 bits per heavy atom. The smallest absolute Gasteiger partial charge is 0.271 e. The van der Waals surface area contributed by atoms with Crippen molar-refractivity contribution in [3.05, 3.63) is 45.2 Å². The molecule has 2 rings (SSSR count). The fourth-order valence-corrected chi connectivity index (χ4v) is 4.37.